The van der Waals surface area contributed by atoms with Gasteiger partial charge in [0.25, 0.3) is 0 Å². The maximum atomic E-state index is 12.6. The van der Waals surface area contributed by atoms with E-state index in [0.717, 1.165) is 6.07 Å². The van der Waals surface area contributed by atoms with Gasteiger partial charge in [-0.15, -0.1) is 0 Å². The largest absolute Gasteiger partial charge is 0.418 e. The quantitative estimate of drug-likeness (QED) is 0.755. The number of hydrogen-bond acceptors (Lipinski definition) is 2. The summed E-state index contributed by atoms with van der Waals surface area (Å²) in [6.45, 7) is 0.222. The molecule has 0 saturated carbocycles. The van der Waals surface area contributed by atoms with Crippen LogP contribution in [-0.2, 0) is 6.18 Å². The van der Waals surface area contributed by atoms with Crippen molar-refractivity contribution in [3.8, 4) is 0 Å². The predicted octanol–water partition coefficient (Wildman–Crippen LogP) is 2.21. The first-order valence-corrected chi connectivity index (χ1v) is 4.59. The average Bonchev–Trinajstić information content (AvgIpc) is 2.58. The van der Waals surface area contributed by atoms with Gasteiger partial charge in [-0.2, -0.15) is 13.2 Å². The molecule has 1 unspecified atom stereocenters. The van der Waals surface area contributed by atoms with Gasteiger partial charge in [0.2, 0.25) is 0 Å². The van der Waals surface area contributed by atoms with Crippen LogP contribution >= 0.6 is 0 Å². The van der Waals surface area contributed by atoms with Crippen molar-refractivity contribution >= 4 is 5.69 Å². The minimum absolute atomic E-state index is 0.115. The SMILES string of the molecule is OCC1CNc2c1cccc2C(F)(F)F. The van der Waals surface area contributed by atoms with Gasteiger partial charge in [-0.05, 0) is 11.6 Å². The lowest BCUT2D eigenvalue weighted by Gasteiger charge is -2.12. The number of nitrogens with one attached hydrogen (secondary N) is 1. The molecule has 0 amide bonds. The van der Waals surface area contributed by atoms with Gasteiger partial charge in [-0.3, -0.25) is 0 Å². The summed E-state index contributed by atoms with van der Waals surface area (Å²) in [5, 5.41) is 11.7. The summed E-state index contributed by atoms with van der Waals surface area (Å²) in [6.07, 6.45) is -4.34. The second-order valence-corrected chi connectivity index (χ2v) is 3.53. The summed E-state index contributed by atoms with van der Waals surface area (Å²) in [7, 11) is 0. The number of hydrogen-bond donors (Lipinski definition) is 2. The molecular weight excluding hydrogens is 207 g/mol. The van der Waals surface area contributed by atoms with E-state index in [1.165, 1.54) is 6.07 Å². The van der Waals surface area contributed by atoms with Crippen molar-refractivity contribution in [2.24, 2.45) is 0 Å². The third-order valence-corrected chi connectivity index (χ3v) is 2.59. The molecule has 1 aromatic carbocycles. The standard InChI is InChI=1S/C10H10F3NO/c11-10(12,13)8-3-1-2-7-6(5-15)4-14-9(7)8/h1-3,6,14-15H,4-5H2. The van der Waals surface area contributed by atoms with Gasteiger partial charge in [-0.1, -0.05) is 12.1 Å². The lowest BCUT2D eigenvalue weighted by atomic mass is 10.00. The molecule has 1 aromatic rings. The van der Waals surface area contributed by atoms with Crippen LogP contribution in [0.2, 0.25) is 0 Å². The minimum Gasteiger partial charge on any atom is -0.396 e. The van der Waals surface area contributed by atoms with E-state index in [1.807, 2.05) is 0 Å². The zero-order valence-corrected chi connectivity index (χ0v) is 7.80. The van der Waals surface area contributed by atoms with Gasteiger partial charge in [-0.25, -0.2) is 0 Å². The molecule has 0 saturated heterocycles. The molecule has 2 rings (SSSR count). The number of aliphatic hydroxyl groups is 1. The highest BCUT2D eigenvalue weighted by molar-refractivity contribution is 5.64. The van der Waals surface area contributed by atoms with E-state index in [-0.39, 0.29) is 18.2 Å². The van der Waals surface area contributed by atoms with E-state index in [4.69, 9.17) is 5.11 Å². The summed E-state index contributed by atoms with van der Waals surface area (Å²) >= 11 is 0. The lowest BCUT2D eigenvalue weighted by Crippen LogP contribution is -2.08. The molecule has 1 heterocycles. The van der Waals surface area contributed by atoms with Crippen molar-refractivity contribution in [3.05, 3.63) is 29.3 Å². The van der Waals surface area contributed by atoms with Crippen LogP contribution < -0.4 is 5.32 Å². The van der Waals surface area contributed by atoms with Crippen LogP contribution in [0.1, 0.15) is 17.0 Å². The fraction of sp³-hybridized carbons (Fsp3) is 0.400. The molecule has 2 N–H and O–H groups in total. The van der Waals surface area contributed by atoms with Crippen LogP contribution in [-0.4, -0.2) is 18.3 Å². The van der Waals surface area contributed by atoms with E-state index >= 15 is 0 Å². The molecule has 0 radical (unpaired) electrons. The van der Waals surface area contributed by atoms with Crippen molar-refractivity contribution in [1.82, 2.24) is 0 Å². The summed E-state index contributed by atoms with van der Waals surface area (Å²) in [5.41, 5.74) is 0.00678. The van der Waals surface area contributed by atoms with Crippen molar-refractivity contribution in [2.45, 2.75) is 12.1 Å². The molecule has 0 aliphatic carbocycles. The first kappa shape index (κ1) is 10.3. The zero-order chi connectivity index (χ0) is 11.1. The Bertz CT molecular complexity index is 375. The Balaban J connectivity index is 2.49. The smallest absolute Gasteiger partial charge is 0.396 e. The highest BCUT2D eigenvalue weighted by Gasteiger charge is 2.37. The van der Waals surface area contributed by atoms with E-state index in [2.05, 4.69) is 5.32 Å². The number of benzene rings is 1. The summed E-state index contributed by atoms with van der Waals surface area (Å²) in [6, 6.07) is 4.04. The van der Waals surface area contributed by atoms with Gasteiger partial charge in [0, 0.05) is 12.5 Å². The number of rotatable bonds is 1. The number of para-hydroxylation sites is 1. The van der Waals surface area contributed by atoms with Crippen molar-refractivity contribution < 1.29 is 18.3 Å². The molecule has 5 heteroatoms. The first-order valence-electron chi connectivity index (χ1n) is 4.59. The molecule has 0 aromatic heterocycles. The van der Waals surface area contributed by atoms with E-state index in [1.54, 1.807) is 6.07 Å². The topological polar surface area (TPSA) is 32.3 Å². The molecule has 0 spiro atoms. The highest BCUT2D eigenvalue weighted by atomic mass is 19.4. The Hall–Kier alpha value is -1.23. The number of fused-ring (bicyclic) bond motifs is 1. The predicted molar refractivity (Wildman–Crippen MR) is 49.8 cm³/mol. The number of alkyl halides is 3. The Morgan fingerprint density at radius 2 is 2.13 bits per heavy atom. The third kappa shape index (κ3) is 1.67. The van der Waals surface area contributed by atoms with Crippen LogP contribution in [0.15, 0.2) is 18.2 Å². The number of anilines is 1. The zero-order valence-electron chi connectivity index (χ0n) is 7.80. The second kappa shape index (κ2) is 3.41. The van der Waals surface area contributed by atoms with Gasteiger partial charge in [0.15, 0.2) is 0 Å². The van der Waals surface area contributed by atoms with Crippen molar-refractivity contribution in [3.63, 3.8) is 0 Å². The summed E-state index contributed by atoms with van der Waals surface area (Å²) in [4.78, 5) is 0. The number of halogens is 3. The second-order valence-electron chi connectivity index (χ2n) is 3.53. The van der Waals surface area contributed by atoms with Crippen molar-refractivity contribution in [2.75, 3.05) is 18.5 Å². The minimum atomic E-state index is -4.34. The van der Waals surface area contributed by atoms with Crippen molar-refractivity contribution in [1.29, 1.82) is 0 Å². The van der Waals surface area contributed by atoms with E-state index in [0.29, 0.717) is 12.1 Å². The van der Waals surface area contributed by atoms with E-state index in [9.17, 15) is 13.2 Å². The monoisotopic (exact) mass is 217 g/mol. The van der Waals surface area contributed by atoms with Crippen LogP contribution in [0.4, 0.5) is 18.9 Å². The first-order chi connectivity index (χ1) is 7.04. The Kier molecular flexibility index (Phi) is 2.34. The van der Waals surface area contributed by atoms with Gasteiger partial charge >= 0.3 is 6.18 Å². The fourth-order valence-corrected chi connectivity index (χ4v) is 1.84. The maximum absolute atomic E-state index is 12.6. The molecule has 1 aliphatic rings. The van der Waals surface area contributed by atoms with Gasteiger partial charge in [0.05, 0.1) is 17.9 Å². The molecule has 15 heavy (non-hydrogen) atoms. The average molecular weight is 217 g/mol. The third-order valence-electron chi connectivity index (χ3n) is 2.59. The Morgan fingerprint density at radius 3 is 2.73 bits per heavy atom. The van der Waals surface area contributed by atoms with Crippen LogP contribution in [0, 0.1) is 0 Å². The summed E-state index contributed by atoms with van der Waals surface area (Å²) < 4.78 is 37.7. The molecule has 82 valence electrons. The lowest BCUT2D eigenvalue weighted by molar-refractivity contribution is -0.136. The number of aliphatic hydroxyl groups excluding tert-OH is 1. The highest BCUT2D eigenvalue weighted by Crippen LogP contribution is 2.41. The molecule has 1 atom stereocenters. The molecule has 2 nitrogen and oxygen atoms in total. The Labute approximate surface area is 84.7 Å². The molecule has 1 aliphatic heterocycles. The fourth-order valence-electron chi connectivity index (χ4n) is 1.84. The Morgan fingerprint density at radius 1 is 1.40 bits per heavy atom. The van der Waals surface area contributed by atoms with Crippen LogP contribution in [0.25, 0.3) is 0 Å². The van der Waals surface area contributed by atoms with Gasteiger partial charge < -0.3 is 10.4 Å². The van der Waals surface area contributed by atoms with Crippen LogP contribution in [0.5, 0.6) is 0 Å². The van der Waals surface area contributed by atoms with E-state index < -0.39 is 11.7 Å². The maximum Gasteiger partial charge on any atom is 0.418 e. The van der Waals surface area contributed by atoms with Gasteiger partial charge in [0.1, 0.15) is 0 Å². The normalized spacial score (nSPS) is 19.9. The molecule has 0 fully saturated rings. The van der Waals surface area contributed by atoms with Crippen LogP contribution in [0.3, 0.4) is 0 Å². The summed E-state index contributed by atoms with van der Waals surface area (Å²) in [5.74, 6) is -0.234. The molecular formula is C10H10F3NO. The molecule has 0 bridgehead atoms.